The van der Waals surface area contributed by atoms with E-state index in [1.165, 1.54) is 24.9 Å². The minimum Gasteiger partial charge on any atom is -0.486 e. The molecule has 2 aliphatic rings. The van der Waals surface area contributed by atoms with Crippen LogP contribution in [0, 0.1) is 5.92 Å². The zero-order chi connectivity index (χ0) is 14.7. The zero-order valence-corrected chi connectivity index (χ0v) is 13.1. The lowest BCUT2D eigenvalue weighted by atomic mass is 9.84. The van der Waals surface area contributed by atoms with Crippen LogP contribution >= 0.6 is 0 Å². The number of fused-ring (bicyclic) bond motifs is 1. The highest BCUT2D eigenvalue weighted by Crippen LogP contribution is 2.39. The molecule has 2 heterocycles. The molecule has 116 valence electrons. The first kappa shape index (κ1) is 14.7. The van der Waals surface area contributed by atoms with Crippen molar-refractivity contribution in [1.29, 1.82) is 0 Å². The van der Waals surface area contributed by atoms with E-state index in [4.69, 9.17) is 9.47 Å². The Labute approximate surface area is 127 Å². The van der Waals surface area contributed by atoms with Crippen molar-refractivity contribution in [2.45, 2.75) is 25.8 Å². The second-order valence-corrected chi connectivity index (χ2v) is 5.94. The molecule has 2 aliphatic heterocycles. The van der Waals surface area contributed by atoms with Crippen molar-refractivity contribution in [3.63, 3.8) is 0 Å². The molecule has 2 atom stereocenters. The maximum absolute atomic E-state index is 5.76. The quantitative estimate of drug-likeness (QED) is 0.923. The summed E-state index contributed by atoms with van der Waals surface area (Å²) in [5.74, 6) is 2.45. The predicted octanol–water partition coefficient (Wildman–Crippen LogP) is 2.45. The number of likely N-dealkylation sites (tertiary alicyclic amines) is 1. The molecule has 2 unspecified atom stereocenters. The number of piperidine rings is 1. The van der Waals surface area contributed by atoms with Crippen molar-refractivity contribution in [1.82, 2.24) is 10.2 Å². The van der Waals surface area contributed by atoms with Gasteiger partial charge in [0.25, 0.3) is 0 Å². The van der Waals surface area contributed by atoms with Crippen LogP contribution in [0.1, 0.15) is 31.4 Å². The molecule has 0 aliphatic carbocycles. The fraction of sp³-hybridized carbons (Fsp3) is 0.647. The maximum atomic E-state index is 5.76. The van der Waals surface area contributed by atoms with E-state index in [-0.39, 0.29) is 0 Å². The summed E-state index contributed by atoms with van der Waals surface area (Å²) in [6, 6.07) is 6.96. The second-order valence-electron chi connectivity index (χ2n) is 5.94. The van der Waals surface area contributed by atoms with Crippen molar-refractivity contribution >= 4 is 0 Å². The summed E-state index contributed by atoms with van der Waals surface area (Å²) in [6.07, 6.45) is 2.58. The molecule has 1 fully saturated rings. The van der Waals surface area contributed by atoms with Crippen molar-refractivity contribution < 1.29 is 9.47 Å². The van der Waals surface area contributed by atoms with Gasteiger partial charge in [-0.3, -0.25) is 4.90 Å². The van der Waals surface area contributed by atoms with Gasteiger partial charge in [-0.15, -0.1) is 0 Å². The van der Waals surface area contributed by atoms with Gasteiger partial charge in [-0.2, -0.15) is 0 Å². The summed E-state index contributed by atoms with van der Waals surface area (Å²) in [5, 5.41) is 3.36. The normalized spacial score (nSPS) is 25.8. The standard InChI is InChI=1S/C17H26N2O2/c1-3-19-8-4-5-14(12-18-2)17(19)13-6-7-15-16(11-13)21-10-9-20-15/h6-7,11,14,17-18H,3-5,8-10,12H2,1-2H3. The van der Waals surface area contributed by atoms with Gasteiger partial charge >= 0.3 is 0 Å². The Morgan fingerprint density at radius 1 is 1.24 bits per heavy atom. The molecule has 4 heteroatoms. The van der Waals surface area contributed by atoms with Gasteiger partial charge in [0, 0.05) is 6.04 Å². The topological polar surface area (TPSA) is 33.7 Å². The van der Waals surface area contributed by atoms with E-state index < -0.39 is 0 Å². The van der Waals surface area contributed by atoms with Gasteiger partial charge in [-0.25, -0.2) is 0 Å². The molecule has 1 N–H and O–H groups in total. The first-order chi connectivity index (χ1) is 10.3. The lowest BCUT2D eigenvalue weighted by Crippen LogP contribution is -2.42. The van der Waals surface area contributed by atoms with E-state index in [0.29, 0.717) is 25.2 Å². The van der Waals surface area contributed by atoms with Crippen LogP contribution in [0.25, 0.3) is 0 Å². The van der Waals surface area contributed by atoms with Crippen molar-refractivity contribution in [2.24, 2.45) is 5.92 Å². The Hall–Kier alpha value is -1.26. The fourth-order valence-corrected chi connectivity index (χ4v) is 3.71. The number of hydrogen-bond acceptors (Lipinski definition) is 4. The van der Waals surface area contributed by atoms with Gasteiger partial charge in [0.2, 0.25) is 0 Å². The van der Waals surface area contributed by atoms with Gasteiger partial charge in [0.15, 0.2) is 11.5 Å². The van der Waals surface area contributed by atoms with Crippen LogP contribution in [0.5, 0.6) is 11.5 Å². The van der Waals surface area contributed by atoms with Gasteiger partial charge < -0.3 is 14.8 Å². The molecule has 1 saturated heterocycles. The predicted molar refractivity (Wildman–Crippen MR) is 84.1 cm³/mol. The Kier molecular flexibility index (Phi) is 4.66. The van der Waals surface area contributed by atoms with E-state index in [0.717, 1.165) is 24.6 Å². The van der Waals surface area contributed by atoms with Crippen LogP contribution in [0.3, 0.4) is 0 Å². The number of nitrogens with one attached hydrogen (secondary N) is 1. The second kappa shape index (κ2) is 6.67. The van der Waals surface area contributed by atoms with Crippen LogP contribution in [-0.4, -0.2) is 44.8 Å². The molecule has 21 heavy (non-hydrogen) atoms. The largest absolute Gasteiger partial charge is 0.486 e. The molecule has 0 bridgehead atoms. The van der Waals surface area contributed by atoms with Crippen LogP contribution in [0.2, 0.25) is 0 Å². The third-order valence-electron chi connectivity index (χ3n) is 4.64. The molecule has 0 spiro atoms. The highest BCUT2D eigenvalue weighted by Gasteiger charge is 2.32. The molecule has 0 radical (unpaired) electrons. The van der Waals surface area contributed by atoms with Gasteiger partial charge in [0.05, 0.1) is 0 Å². The van der Waals surface area contributed by atoms with E-state index in [2.05, 4.69) is 35.3 Å². The Morgan fingerprint density at radius 3 is 2.81 bits per heavy atom. The summed E-state index contributed by atoms with van der Waals surface area (Å²) in [6.45, 7) is 6.91. The molecule has 0 saturated carbocycles. The molecular weight excluding hydrogens is 264 g/mol. The third-order valence-corrected chi connectivity index (χ3v) is 4.64. The summed E-state index contributed by atoms with van der Waals surface area (Å²) in [7, 11) is 2.05. The molecule has 0 aromatic heterocycles. The van der Waals surface area contributed by atoms with E-state index in [9.17, 15) is 0 Å². The van der Waals surface area contributed by atoms with Gasteiger partial charge in [0.1, 0.15) is 13.2 Å². The molecule has 1 aromatic rings. The fourth-order valence-electron chi connectivity index (χ4n) is 3.71. The van der Waals surface area contributed by atoms with E-state index in [1.54, 1.807) is 0 Å². The van der Waals surface area contributed by atoms with Crippen LogP contribution < -0.4 is 14.8 Å². The smallest absolute Gasteiger partial charge is 0.161 e. The van der Waals surface area contributed by atoms with Crippen molar-refractivity contribution in [3.8, 4) is 11.5 Å². The van der Waals surface area contributed by atoms with E-state index >= 15 is 0 Å². The average molecular weight is 290 g/mol. The van der Waals surface area contributed by atoms with Crippen LogP contribution in [0.4, 0.5) is 0 Å². The number of nitrogens with zero attached hydrogens (tertiary/aromatic N) is 1. The molecular formula is C17H26N2O2. The SMILES string of the molecule is CCN1CCCC(CNC)C1c1ccc2c(c1)OCCO2. The monoisotopic (exact) mass is 290 g/mol. The van der Waals surface area contributed by atoms with Crippen molar-refractivity contribution in [3.05, 3.63) is 23.8 Å². The highest BCUT2D eigenvalue weighted by atomic mass is 16.6. The van der Waals surface area contributed by atoms with Crippen LogP contribution in [-0.2, 0) is 0 Å². The summed E-state index contributed by atoms with van der Waals surface area (Å²) < 4.78 is 11.4. The molecule has 4 nitrogen and oxygen atoms in total. The minimum atomic E-state index is 0.479. The Balaban J connectivity index is 1.90. The van der Waals surface area contributed by atoms with Gasteiger partial charge in [-0.05, 0) is 63.1 Å². The number of rotatable bonds is 4. The maximum Gasteiger partial charge on any atom is 0.161 e. The highest BCUT2D eigenvalue weighted by molar-refractivity contribution is 5.45. The first-order valence-corrected chi connectivity index (χ1v) is 8.11. The number of benzene rings is 1. The Morgan fingerprint density at radius 2 is 2.05 bits per heavy atom. The summed E-state index contributed by atoms with van der Waals surface area (Å²) in [4.78, 5) is 2.59. The molecule has 3 rings (SSSR count). The van der Waals surface area contributed by atoms with Crippen LogP contribution in [0.15, 0.2) is 18.2 Å². The third kappa shape index (κ3) is 3.01. The summed E-state index contributed by atoms with van der Waals surface area (Å²) in [5.41, 5.74) is 1.36. The van der Waals surface area contributed by atoms with Gasteiger partial charge in [-0.1, -0.05) is 13.0 Å². The number of hydrogen-bond donors (Lipinski definition) is 1. The van der Waals surface area contributed by atoms with E-state index in [1.807, 2.05) is 7.05 Å². The Bertz CT molecular complexity index is 476. The lowest BCUT2D eigenvalue weighted by molar-refractivity contribution is 0.0974. The lowest BCUT2D eigenvalue weighted by Gasteiger charge is -2.41. The zero-order valence-electron chi connectivity index (χ0n) is 13.1. The summed E-state index contributed by atoms with van der Waals surface area (Å²) >= 11 is 0. The first-order valence-electron chi connectivity index (χ1n) is 8.11. The minimum absolute atomic E-state index is 0.479. The van der Waals surface area contributed by atoms with Crippen molar-refractivity contribution in [2.75, 3.05) is 39.9 Å². The average Bonchev–Trinajstić information content (AvgIpc) is 2.54. The molecule has 1 aromatic carbocycles. The number of ether oxygens (including phenoxy) is 2. The molecule has 0 amide bonds.